The molecule has 2 aromatic rings. The van der Waals surface area contributed by atoms with Crippen LogP contribution in [0.3, 0.4) is 0 Å². The van der Waals surface area contributed by atoms with Gasteiger partial charge in [0.1, 0.15) is 0 Å². The molecule has 1 aliphatic rings. The topological polar surface area (TPSA) is 100 Å². The fourth-order valence-electron chi connectivity index (χ4n) is 3.08. The Kier molecular flexibility index (Phi) is 5.62. The number of piperazine rings is 1. The Morgan fingerprint density at radius 1 is 1.38 bits per heavy atom. The summed E-state index contributed by atoms with van der Waals surface area (Å²) in [6, 6.07) is 7.36. The van der Waals surface area contributed by atoms with Gasteiger partial charge in [-0.05, 0) is 19.4 Å². The van der Waals surface area contributed by atoms with Crippen LogP contribution in [0.25, 0.3) is 11.4 Å². The van der Waals surface area contributed by atoms with Gasteiger partial charge in [0.25, 0.3) is 0 Å². The first-order chi connectivity index (χ1) is 12.5. The van der Waals surface area contributed by atoms with Crippen LogP contribution in [-0.2, 0) is 16.1 Å². The van der Waals surface area contributed by atoms with Gasteiger partial charge < -0.3 is 15.2 Å². The number of nitrogens with zero attached hydrogens (tertiary/aromatic N) is 3. The zero-order valence-electron chi connectivity index (χ0n) is 14.9. The Bertz CT molecular complexity index is 743. The molecule has 1 aliphatic heterocycles. The molecule has 3 rings (SSSR count). The molecule has 138 valence electrons. The lowest BCUT2D eigenvalue weighted by Crippen LogP contribution is -2.58. The predicted molar refractivity (Wildman–Crippen MR) is 94.8 cm³/mol. The summed E-state index contributed by atoms with van der Waals surface area (Å²) in [6.45, 7) is 5.87. The maximum Gasteiger partial charge on any atom is 0.237 e. The molecular formula is C18H23N5O3. The maximum absolute atomic E-state index is 12.3. The molecule has 0 aliphatic carbocycles. The van der Waals surface area contributed by atoms with E-state index in [1.54, 1.807) is 0 Å². The Labute approximate surface area is 151 Å². The van der Waals surface area contributed by atoms with Gasteiger partial charge in [0, 0.05) is 31.2 Å². The van der Waals surface area contributed by atoms with Gasteiger partial charge >= 0.3 is 0 Å². The summed E-state index contributed by atoms with van der Waals surface area (Å²) in [6.07, 6.45) is 1.44. The van der Waals surface area contributed by atoms with Crippen molar-refractivity contribution in [2.24, 2.45) is 0 Å². The molecule has 0 radical (unpaired) electrons. The number of amides is 2. The molecular weight excluding hydrogens is 334 g/mol. The number of rotatable bonds is 6. The first-order valence-corrected chi connectivity index (χ1v) is 8.70. The summed E-state index contributed by atoms with van der Waals surface area (Å²) in [7, 11) is 0. The van der Waals surface area contributed by atoms with Gasteiger partial charge in [0.05, 0.1) is 12.5 Å². The van der Waals surface area contributed by atoms with E-state index in [2.05, 4.69) is 25.7 Å². The average molecular weight is 357 g/mol. The second-order valence-electron chi connectivity index (χ2n) is 6.57. The third kappa shape index (κ3) is 4.26. The molecule has 0 saturated carbocycles. The van der Waals surface area contributed by atoms with Crippen LogP contribution in [-0.4, -0.2) is 52.0 Å². The first-order valence-electron chi connectivity index (χ1n) is 8.70. The van der Waals surface area contributed by atoms with Gasteiger partial charge in [-0.25, -0.2) is 0 Å². The van der Waals surface area contributed by atoms with Crippen molar-refractivity contribution in [2.45, 2.75) is 38.9 Å². The molecule has 8 nitrogen and oxygen atoms in total. The van der Waals surface area contributed by atoms with Crippen molar-refractivity contribution >= 4 is 11.8 Å². The molecule has 1 fully saturated rings. The van der Waals surface area contributed by atoms with Crippen molar-refractivity contribution in [3.8, 4) is 11.4 Å². The van der Waals surface area contributed by atoms with Crippen molar-refractivity contribution in [1.29, 1.82) is 0 Å². The molecule has 0 spiro atoms. The zero-order valence-corrected chi connectivity index (χ0v) is 14.9. The highest BCUT2D eigenvalue weighted by molar-refractivity contribution is 5.88. The first kappa shape index (κ1) is 18.1. The van der Waals surface area contributed by atoms with E-state index in [9.17, 15) is 9.59 Å². The summed E-state index contributed by atoms with van der Waals surface area (Å²) < 4.78 is 4.73. The highest BCUT2D eigenvalue weighted by atomic mass is 16.5. The number of aromatic nitrogens is 2. The average Bonchev–Trinajstić information content (AvgIpc) is 3.16. The minimum atomic E-state index is -0.413. The molecule has 2 heterocycles. The van der Waals surface area contributed by atoms with Crippen molar-refractivity contribution in [2.75, 3.05) is 13.1 Å². The lowest BCUT2D eigenvalue weighted by Gasteiger charge is -2.37. The van der Waals surface area contributed by atoms with Crippen LogP contribution in [0, 0.1) is 0 Å². The quantitative estimate of drug-likeness (QED) is 0.798. The van der Waals surface area contributed by atoms with Gasteiger partial charge in [0.2, 0.25) is 24.0 Å². The van der Waals surface area contributed by atoms with Crippen molar-refractivity contribution in [1.82, 2.24) is 25.7 Å². The number of carbonyl (C=O) groups is 2. The van der Waals surface area contributed by atoms with Gasteiger partial charge in [-0.2, -0.15) is 4.98 Å². The summed E-state index contributed by atoms with van der Waals surface area (Å²) in [4.78, 5) is 30.5. The highest BCUT2D eigenvalue weighted by Gasteiger charge is 2.32. The second-order valence-corrected chi connectivity index (χ2v) is 6.57. The molecule has 0 bridgehead atoms. The normalized spacial score (nSPS) is 18.0. The monoisotopic (exact) mass is 357 g/mol. The van der Waals surface area contributed by atoms with E-state index < -0.39 is 6.04 Å². The Balaban J connectivity index is 1.54. The maximum atomic E-state index is 12.3. The molecule has 26 heavy (non-hydrogen) atoms. The van der Waals surface area contributed by atoms with Gasteiger partial charge in [-0.15, -0.1) is 0 Å². The number of hydrogen-bond acceptors (Lipinski definition) is 6. The Morgan fingerprint density at radius 3 is 2.81 bits per heavy atom. The molecule has 2 amide bonds. The van der Waals surface area contributed by atoms with E-state index in [4.69, 9.17) is 4.52 Å². The second kappa shape index (κ2) is 8.09. The van der Waals surface area contributed by atoms with E-state index in [1.165, 1.54) is 6.39 Å². The van der Waals surface area contributed by atoms with E-state index in [0.29, 0.717) is 18.9 Å². The number of nitrogens with one attached hydrogen (secondary N) is 2. The summed E-state index contributed by atoms with van der Waals surface area (Å²) in [5, 5.41) is 9.51. The third-order valence-corrected chi connectivity index (χ3v) is 4.48. The van der Waals surface area contributed by atoms with Crippen LogP contribution in [0.2, 0.25) is 0 Å². The molecule has 1 atom stereocenters. The van der Waals surface area contributed by atoms with Gasteiger partial charge in [-0.1, -0.05) is 29.4 Å². The number of benzene rings is 1. The summed E-state index contributed by atoms with van der Waals surface area (Å²) >= 11 is 0. The lowest BCUT2D eigenvalue weighted by atomic mass is 10.1. The zero-order chi connectivity index (χ0) is 18.5. The lowest BCUT2D eigenvalue weighted by molar-refractivity contribution is -0.134. The molecule has 1 aromatic heterocycles. The van der Waals surface area contributed by atoms with E-state index in [1.807, 2.05) is 38.1 Å². The number of carbonyl (C=O) groups excluding carboxylic acids is 2. The molecule has 1 aromatic carbocycles. The number of hydrogen-bond donors (Lipinski definition) is 2. The van der Waals surface area contributed by atoms with Gasteiger partial charge in [-0.3, -0.25) is 14.5 Å². The molecule has 2 N–H and O–H groups in total. The minimum absolute atomic E-state index is 0.0791. The Hall–Kier alpha value is -2.74. The van der Waals surface area contributed by atoms with Crippen LogP contribution in [0.15, 0.2) is 35.2 Å². The molecule has 1 unspecified atom stereocenters. The van der Waals surface area contributed by atoms with Crippen LogP contribution in [0.5, 0.6) is 0 Å². The fourth-order valence-corrected chi connectivity index (χ4v) is 3.08. The Morgan fingerprint density at radius 2 is 2.15 bits per heavy atom. The van der Waals surface area contributed by atoms with Crippen LogP contribution >= 0.6 is 0 Å². The van der Waals surface area contributed by atoms with Crippen molar-refractivity contribution in [3.05, 3.63) is 36.2 Å². The van der Waals surface area contributed by atoms with Gasteiger partial charge in [0.15, 0.2) is 0 Å². The highest BCUT2D eigenvalue weighted by Crippen LogP contribution is 2.15. The van der Waals surface area contributed by atoms with Crippen molar-refractivity contribution in [3.63, 3.8) is 0 Å². The largest absolute Gasteiger partial charge is 0.353 e. The fraction of sp³-hybridized carbons (Fsp3) is 0.444. The third-order valence-electron chi connectivity index (χ3n) is 4.48. The SMILES string of the molecule is CC(C)N1CCNC(=O)C1CC(=O)NCc1ccc(-c2ncon2)cc1. The van der Waals surface area contributed by atoms with Crippen molar-refractivity contribution < 1.29 is 14.1 Å². The summed E-state index contributed by atoms with van der Waals surface area (Å²) in [5.74, 6) is 0.308. The predicted octanol–water partition coefficient (Wildman–Crippen LogP) is 0.952. The minimum Gasteiger partial charge on any atom is -0.353 e. The smallest absolute Gasteiger partial charge is 0.237 e. The van der Waals surface area contributed by atoms with Crippen LogP contribution < -0.4 is 10.6 Å². The van der Waals surface area contributed by atoms with E-state index >= 15 is 0 Å². The molecule has 1 saturated heterocycles. The summed E-state index contributed by atoms with van der Waals surface area (Å²) in [5.41, 5.74) is 1.81. The van der Waals surface area contributed by atoms with Crippen LogP contribution in [0.4, 0.5) is 0 Å². The molecule has 8 heteroatoms. The van der Waals surface area contributed by atoms with Crippen LogP contribution in [0.1, 0.15) is 25.8 Å². The van der Waals surface area contributed by atoms with E-state index in [-0.39, 0.29) is 24.3 Å². The standard InChI is InChI=1S/C18H23N5O3/c1-12(2)23-8-7-19-18(25)15(23)9-16(24)20-10-13-3-5-14(6-4-13)17-21-11-26-22-17/h3-6,11-12,15H,7-10H2,1-2H3,(H,19,25)(H,20,24). The van der Waals surface area contributed by atoms with E-state index in [0.717, 1.165) is 17.7 Å².